The van der Waals surface area contributed by atoms with Crippen molar-refractivity contribution in [2.75, 3.05) is 0 Å². The maximum atomic E-state index is 11.6. The molecule has 0 saturated heterocycles. The molecule has 0 radical (unpaired) electrons. The third-order valence-electron chi connectivity index (χ3n) is 4.44. The highest BCUT2D eigenvalue weighted by atomic mass is 16.1. The van der Waals surface area contributed by atoms with E-state index in [1.165, 1.54) is 77.0 Å². The fourth-order valence-electron chi connectivity index (χ4n) is 2.92. The molecule has 3 nitrogen and oxygen atoms in total. The van der Waals surface area contributed by atoms with Crippen LogP contribution in [0.25, 0.3) is 0 Å². The number of Topliss-reactive ketones (excluding diaryl/α,β-unsaturated/α-hetero) is 1. The van der Waals surface area contributed by atoms with Gasteiger partial charge in [0.15, 0.2) is 0 Å². The summed E-state index contributed by atoms with van der Waals surface area (Å²) >= 11 is 0. The van der Waals surface area contributed by atoms with E-state index in [-0.39, 0.29) is 11.7 Å². The van der Waals surface area contributed by atoms with E-state index in [0.29, 0.717) is 25.7 Å². The Balaban J connectivity index is 3.12. The van der Waals surface area contributed by atoms with Crippen molar-refractivity contribution in [1.29, 1.82) is 0 Å². The summed E-state index contributed by atoms with van der Waals surface area (Å²) in [7, 11) is 0. The van der Waals surface area contributed by atoms with E-state index in [1.54, 1.807) is 0 Å². The van der Waals surface area contributed by atoms with Crippen molar-refractivity contribution in [2.24, 2.45) is 5.73 Å². The minimum atomic E-state index is -0.307. The van der Waals surface area contributed by atoms with Crippen LogP contribution in [0.5, 0.6) is 0 Å². The van der Waals surface area contributed by atoms with Crippen LogP contribution in [0.2, 0.25) is 0 Å². The molecule has 0 fully saturated rings. The molecule has 0 spiro atoms. The predicted molar refractivity (Wildman–Crippen MR) is 98.4 cm³/mol. The molecule has 0 aromatic heterocycles. The molecule has 0 rings (SSSR count). The van der Waals surface area contributed by atoms with E-state index in [0.717, 1.165) is 6.42 Å². The smallest absolute Gasteiger partial charge is 0.217 e. The fraction of sp³-hybridized carbons (Fsp3) is 0.900. The summed E-state index contributed by atoms with van der Waals surface area (Å²) < 4.78 is 0. The van der Waals surface area contributed by atoms with Gasteiger partial charge in [0.1, 0.15) is 5.78 Å². The number of carbonyl (C=O) groups is 2. The molecule has 23 heavy (non-hydrogen) atoms. The van der Waals surface area contributed by atoms with Crippen LogP contribution in [0.1, 0.15) is 116 Å². The number of hydrogen-bond acceptors (Lipinski definition) is 2. The first kappa shape index (κ1) is 22.1. The van der Waals surface area contributed by atoms with Crippen molar-refractivity contribution in [1.82, 2.24) is 0 Å². The van der Waals surface area contributed by atoms with Crippen LogP contribution in [0.15, 0.2) is 0 Å². The third-order valence-corrected chi connectivity index (χ3v) is 4.44. The van der Waals surface area contributed by atoms with Gasteiger partial charge in [-0.2, -0.15) is 0 Å². The summed E-state index contributed by atoms with van der Waals surface area (Å²) in [5, 5.41) is 0. The van der Waals surface area contributed by atoms with Gasteiger partial charge in [-0.1, -0.05) is 84.0 Å². The minimum Gasteiger partial charge on any atom is -0.370 e. The zero-order chi connectivity index (χ0) is 17.2. The largest absolute Gasteiger partial charge is 0.370 e. The van der Waals surface area contributed by atoms with Crippen LogP contribution in [0.4, 0.5) is 0 Å². The summed E-state index contributed by atoms with van der Waals surface area (Å²) in [6, 6.07) is 0. The number of primary amides is 1. The standard InChI is InChI=1S/C20H39NO2/c1-2-3-4-5-6-7-8-9-10-11-12-13-14-16-19(22)17-15-18-20(21)23/h2-18H2,1H3,(H2,21,23). The Morgan fingerprint density at radius 2 is 0.957 bits per heavy atom. The molecule has 2 N–H and O–H groups in total. The van der Waals surface area contributed by atoms with Crippen molar-refractivity contribution < 1.29 is 9.59 Å². The van der Waals surface area contributed by atoms with Crippen LogP contribution in [0.3, 0.4) is 0 Å². The van der Waals surface area contributed by atoms with Crippen molar-refractivity contribution in [3.05, 3.63) is 0 Å². The number of ketones is 1. The highest BCUT2D eigenvalue weighted by Gasteiger charge is 2.03. The molecule has 0 atom stereocenters. The lowest BCUT2D eigenvalue weighted by Gasteiger charge is -2.03. The van der Waals surface area contributed by atoms with Gasteiger partial charge in [0.2, 0.25) is 5.91 Å². The SMILES string of the molecule is CCCCCCCCCCCCCCCC(=O)CCCC(N)=O. The second kappa shape index (κ2) is 17.5. The molecule has 0 heterocycles. The number of rotatable bonds is 18. The van der Waals surface area contributed by atoms with E-state index >= 15 is 0 Å². The second-order valence-electron chi connectivity index (χ2n) is 6.85. The topological polar surface area (TPSA) is 60.2 Å². The summed E-state index contributed by atoms with van der Waals surface area (Å²) in [5.74, 6) is -0.0203. The number of carbonyl (C=O) groups excluding carboxylic acids is 2. The number of amides is 1. The average molecular weight is 326 g/mol. The van der Waals surface area contributed by atoms with Crippen LogP contribution in [0, 0.1) is 0 Å². The lowest BCUT2D eigenvalue weighted by atomic mass is 10.0. The Kier molecular flexibility index (Phi) is 16.8. The summed E-state index contributed by atoms with van der Waals surface area (Å²) in [4.78, 5) is 22.2. The van der Waals surface area contributed by atoms with Crippen molar-refractivity contribution in [2.45, 2.75) is 116 Å². The number of hydrogen-bond donors (Lipinski definition) is 1. The Hall–Kier alpha value is -0.860. The van der Waals surface area contributed by atoms with Gasteiger partial charge in [-0.05, 0) is 12.8 Å². The van der Waals surface area contributed by atoms with Crippen LogP contribution in [-0.2, 0) is 9.59 Å². The highest BCUT2D eigenvalue weighted by Crippen LogP contribution is 2.13. The highest BCUT2D eigenvalue weighted by molar-refractivity contribution is 5.79. The van der Waals surface area contributed by atoms with Crippen molar-refractivity contribution in [3.8, 4) is 0 Å². The zero-order valence-corrected chi connectivity index (χ0v) is 15.4. The minimum absolute atomic E-state index is 0.286. The molecule has 0 aliphatic rings. The molecule has 1 amide bonds. The first-order valence-electron chi connectivity index (χ1n) is 9.96. The molecule has 0 saturated carbocycles. The van der Waals surface area contributed by atoms with E-state index in [4.69, 9.17) is 5.73 Å². The van der Waals surface area contributed by atoms with Gasteiger partial charge in [-0.25, -0.2) is 0 Å². The molecule has 0 aliphatic heterocycles. The van der Waals surface area contributed by atoms with Gasteiger partial charge < -0.3 is 5.73 Å². The maximum Gasteiger partial charge on any atom is 0.217 e. The first-order valence-corrected chi connectivity index (χ1v) is 9.96. The quantitative estimate of drug-likeness (QED) is 0.329. The number of unbranched alkanes of at least 4 members (excludes halogenated alkanes) is 12. The predicted octanol–water partition coefficient (Wildman–Crippen LogP) is 5.69. The van der Waals surface area contributed by atoms with E-state index in [2.05, 4.69) is 6.92 Å². The Bertz CT molecular complexity index is 289. The zero-order valence-electron chi connectivity index (χ0n) is 15.4. The van der Waals surface area contributed by atoms with Gasteiger partial charge in [0, 0.05) is 19.3 Å². The van der Waals surface area contributed by atoms with Crippen LogP contribution < -0.4 is 5.73 Å². The molecule has 3 heteroatoms. The molecular weight excluding hydrogens is 286 g/mol. The van der Waals surface area contributed by atoms with E-state index in [9.17, 15) is 9.59 Å². The molecule has 0 unspecified atom stereocenters. The molecular formula is C20H39NO2. The Morgan fingerprint density at radius 3 is 1.39 bits per heavy atom. The monoisotopic (exact) mass is 325 g/mol. The summed E-state index contributed by atoms with van der Waals surface area (Å²) in [6.45, 7) is 2.26. The lowest BCUT2D eigenvalue weighted by Crippen LogP contribution is -2.10. The maximum absolute atomic E-state index is 11.6. The van der Waals surface area contributed by atoms with Crippen LogP contribution >= 0.6 is 0 Å². The second-order valence-corrected chi connectivity index (χ2v) is 6.85. The fourth-order valence-corrected chi connectivity index (χ4v) is 2.92. The third kappa shape index (κ3) is 19.1. The van der Waals surface area contributed by atoms with Crippen molar-refractivity contribution in [3.63, 3.8) is 0 Å². The van der Waals surface area contributed by atoms with Gasteiger partial charge in [0.05, 0.1) is 0 Å². The molecule has 0 bridgehead atoms. The van der Waals surface area contributed by atoms with Crippen LogP contribution in [-0.4, -0.2) is 11.7 Å². The summed E-state index contributed by atoms with van der Waals surface area (Å²) in [5.41, 5.74) is 5.05. The Labute approximate surface area is 143 Å². The number of nitrogens with two attached hydrogens (primary N) is 1. The van der Waals surface area contributed by atoms with Gasteiger partial charge >= 0.3 is 0 Å². The van der Waals surface area contributed by atoms with Crippen molar-refractivity contribution >= 4 is 11.7 Å². The van der Waals surface area contributed by atoms with E-state index < -0.39 is 0 Å². The van der Waals surface area contributed by atoms with Gasteiger partial charge in [-0.3, -0.25) is 9.59 Å². The summed E-state index contributed by atoms with van der Waals surface area (Å²) in [6.07, 6.45) is 19.4. The molecule has 0 aliphatic carbocycles. The van der Waals surface area contributed by atoms with Gasteiger partial charge in [-0.15, -0.1) is 0 Å². The Morgan fingerprint density at radius 1 is 0.565 bits per heavy atom. The lowest BCUT2D eigenvalue weighted by molar-refractivity contribution is -0.120. The normalized spacial score (nSPS) is 10.8. The molecule has 136 valence electrons. The first-order chi connectivity index (χ1) is 11.2. The molecule has 0 aromatic carbocycles. The van der Waals surface area contributed by atoms with E-state index in [1.807, 2.05) is 0 Å². The molecule has 0 aromatic rings. The average Bonchev–Trinajstić information content (AvgIpc) is 2.51. The van der Waals surface area contributed by atoms with Gasteiger partial charge in [0.25, 0.3) is 0 Å².